The monoisotopic (exact) mass is 347 g/mol. The Hall–Kier alpha value is -2.71. The van der Waals surface area contributed by atoms with E-state index in [4.69, 9.17) is 4.74 Å². The Bertz CT molecular complexity index is 653. The highest BCUT2D eigenvalue weighted by Crippen LogP contribution is 2.17. The molecule has 0 N–H and O–H groups in total. The minimum atomic E-state index is -0.757. The molecule has 0 radical (unpaired) electrons. The second-order valence-corrected chi connectivity index (χ2v) is 5.98. The Morgan fingerprint density at radius 1 is 1.20 bits per heavy atom. The molecular formula is C16H21N5O4. The normalized spacial score (nSPS) is 21.5. The van der Waals surface area contributed by atoms with E-state index in [1.165, 1.54) is 4.90 Å². The minimum absolute atomic E-state index is 0.223. The number of imide groups is 1. The van der Waals surface area contributed by atoms with Crippen LogP contribution in [0.5, 0.6) is 6.01 Å². The van der Waals surface area contributed by atoms with E-state index in [-0.39, 0.29) is 18.7 Å². The number of amides is 4. The SMILES string of the molecule is CCN1CCN(C(=O)N2CCC[C@H](Oc3ncccn3)C2)C(=O)C1=O. The van der Waals surface area contributed by atoms with Gasteiger partial charge in [-0.15, -0.1) is 0 Å². The third-order valence-electron chi connectivity index (χ3n) is 4.38. The van der Waals surface area contributed by atoms with Gasteiger partial charge in [-0.1, -0.05) is 0 Å². The van der Waals surface area contributed by atoms with E-state index in [2.05, 4.69) is 9.97 Å². The molecule has 3 rings (SSSR count). The maximum Gasteiger partial charge on any atom is 0.327 e. The van der Waals surface area contributed by atoms with Crippen LogP contribution in [-0.2, 0) is 9.59 Å². The number of piperazine rings is 1. The second kappa shape index (κ2) is 7.45. The average molecular weight is 347 g/mol. The number of carbonyl (C=O) groups excluding carboxylic acids is 3. The summed E-state index contributed by atoms with van der Waals surface area (Å²) in [5.41, 5.74) is 0. The first kappa shape index (κ1) is 17.1. The van der Waals surface area contributed by atoms with E-state index in [0.717, 1.165) is 17.7 Å². The minimum Gasteiger partial charge on any atom is -0.458 e. The van der Waals surface area contributed by atoms with Gasteiger partial charge >= 0.3 is 23.9 Å². The molecule has 0 spiro atoms. The zero-order chi connectivity index (χ0) is 17.8. The molecule has 2 saturated heterocycles. The molecule has 1 aromatic rings. The summed E-state index contributed by atoms with van der Waals surface area (Å²) in [6.45, 7) is 3.74. The fourth-order valence-electron chi connectivity index (χ4n) is 3.03. The van der Waals surface area contributed by atoms with Crippen molar-refractivity contribution < 1.29 is 19.1 Å². The molecule has 9 nitrogen and oxygen atoms in total. The number of hydrogen-bond donors (Lipinski definition) is 0. The van der Waals surface area contributed by atoms with Crippen molar-refractivity contribution in [2.24, 2.45) is 0 Å². The van der Waals surface area contributed by atoms with Gasteiger partial charge in [0.25, 0.3) is 0 Å². The lowest BCUT2D eigenvalue weighted by molar-refractivity contribution is -0.154. The van der Waals surface area contributed by atoms with Crippen LogP contribution in [0.2, 0.25) is 0 Å². The summed E-state index contributed by atoms with van der Waals surface area (Å²) in [4.78, 5) is 48.9. The van der Waals surface area contributed by atoms with Crippen molar-refractivity contribution >= 4 is 17.8 Å². The number of likely N-dealkylation sites (tertiary alicyclic amines) is 1. The third-order valence-corrected chi connectivity index (χ3v) is 4.38. The number of aromatic nitrogens is 2. The van der Waals surface area contributed by atoms with Gasteiger partial charge in [-0.2, -0.15) is 0 Å². The van der Waals surface area contributed by atoms with Crippen LogP contribution in [0.15, 0.2) is 18.5 Å². The summed E-state index contributed by atoms with van der Waals surface area (Å²) in [5, 5.41) is 0. The van der Waals surface area contributed by atoms with Crippen LogP contribution in [0, 0.1) is 0 Å². The van der Waals surface area contributed by atoms with Crippen LogP contribution in [-0.4, -0.2) is 81.3 Å². The first-order valence-electron chi connectivity index (χ1n) is 8.43. The molecule has 25 heavy (non-hydrogen) atoms. The Balaban J connectivity index is 1.62. The Morgan fingerprint density at radius 2 is 1.96 bits per heavy atom. The van der Waals surface area contributed by atoms with Crippen molar-refractivity contribution in [3.8, 4) is 6.01 Å². The van der Waals surface area contributed by atoms with E-state index in [1.807, 2.05) is 0 Å². The lowest BCUT2D eigenvalue weighted by Crippen LogP contribution is -2.60. The first-order valence-corrected chi connectivity index (χ1v) is 8.43. The van der Waals surface area contributed by atoms with Gasteiger partial charge in [-0.3, -0.25) is 14.5 Å². The molecule has 4 amide bonds. The summed E-state index contributed by atoms with van der Waals surface area (Å²) in [7, 11) is 0. The molecule has 1 atom stereocenters. The molecule has 0 unspecified atom stereocenters. The van der Waals surface area contributed by atoms with Crippen LogP contribution in [0.3, 0.4) is 0 Å². The number of nitrogens with zero attached hydrogens (tertiary/aromatic N) is 5. The molecule has 2 aliphatic rings. The average Bonchev–Trinajstić information content (AvgIpc) is 2.64. The van der Waals surface area contributed by atoms with Gasteiger partial charge in [0.05, 0.1) is 6.54 Å². The van der Waals surface area contributed by atoms with Gasteiger partial charge in [0.1, 0.15) is 6.10 Å². The summed E-state index contributed by atoms with van der Waals surface area (Å²) in [6.07, 6.45) is 4.47. The van der Waals surface area contributed by atoms with Gasteiger partial charge in [-0.25, -0.2) is 14.8 Å². The zero-order valence-electron chi connectivity index (χ0n) is 14.1. The van der Waals surface area contributed by atoms with Gasteiger partial charge in [0, 0.05) is 38.6 Å². The number of ether oxygens (including phenoxy) is 1. The van der Waals surface area contributed by atoms with Crippen LogP contribution in [0.4, 0.5) is 4.79 Å². The molecular weight excluding hydrogens is 326 g/mol. The molecule has 2 aliphatic heterocycles. The fourth-order valence-corrected chi connectivity index (χ4v) is 3.03. The summed E-state index contributed by atoms with van der Waals surface area (Å²) < 4.78 is 5.71. The summed E-state index contributed by atoms with van der Waals surface area (Å²) in [5.74, 6) is -1.38. The van der Waals surface area contributed by atoms with Crippen molar-refractivity contribution in [1.82, 2.24) is 24.7 Å². The first-order chi connectivity index (χ1) is 12.1. The topological polar surface area (TPSA) is 95.9 Å². The van der Waals surface area contributed by atoms with Crippen molar-refractivity contribution in [2.45, 2.75) is 25.9 Å². The lowest BCUT2D eigenvalue weighted by atomic mass is 10.1. The van der Waals surface area contributed by atoms with E-state index in [0.29, 0.717) is 26.2 Å². The smallest absolute Gasteiger partial charge is 0.327 e. The molecule has 0 aliphatic carbocycles. The zero-order valence-corrected chi connectivity index (χ0v) is 14.1. The number of carbonyl (C=O) groups is 3. The number of hydrogen-bond acceptors (Lipinski definition) is 6. The highest BCUT2D eigenvalue weighted by atomic mass is 16.5. The van der Waals surface area contributed by atoms with E-state index < -0.39 is 17.8 Å². The Labute approximate surface area is 145 Å². The largest absolute Gasteiger partial charge is 0.458 e. The summed E-state index contributed by atoms with van der Waals surface area (Å²) >= 11 is 0. The van der Waals surface area contributed by atoms with E-state index in [1.54, 1.807) is 30.3 Å². The molecule has 0 bridgehead atoms. The van der Waals surface area contributed by atoms with Gasteiger partial charge in [0.15, 0.2) is 0 Å². The lowest BCUT2D eigenvalue weighted by Gasteiger charge is -2.38. The van der Waals surface area contributed by atoms with Crippen LogP contribution in [0.1, 0.15) is 19.8 Å². The van der Waals surface area contributed by atoms with Crippen LogP contribution >= 0.6 is 0 Å². The van der Waals surface area contributed by atoms with E-state index in [9.17, 15) is 14.4 Å². The molecule has 134 valence electrons. The summed E-state index contributed by atoms with van der Waals surface area (Å²) in [6, 6.07) is 1.53. The molecule has 2 fully saturated rings. The molecule has 0 aromatic carbocycles. The molecule has 1 aromatic heterocycles. The Kier molecular flexibility index (Phi) is 5.11. The number of urea groups is 1. The Morgan fingerprint density at radius 3 is 2.68 bits per heavy atom. The third kappa shape index (κ3) is 3.70. The maximum absolute atomic E-state index is 12.7. The number of rotatable bonds is 3. The van der Waals surface area contributed by atoms with E-state index >= 15 is 0 Å². The number of likely N-dealkylation sites (N-methyl/N-ethyl adjacent to an activating group) is 1. The van der Waals surface area contributed by atoms with Gasteiger partial charge < -0.3 is 14.5 Å². The second-order valence-electron chi connectivity index (χ2n) is 5.98. The van der Waals surface area contributed by atoms with Crippen molar-refractivity contribution in [3.63, 3.8) is 0 Å². The van der Waals surface area contributed by atoms with Gasteiger partial charge in [0.2, 0.25) is 0 Å². The van der Waals surface area contributed by atoms with Crippen LogP contribution < -0.4 is 4.74 Å². The predicted octanol–water partition coefficient (Wildman–Crippen LogP) is 0.130. The molecule has 0 saturated carbocycles. The number of piperidine rings is 1. The predicted molar refractivity (Wildman–Crippen MR) is 86.6 cm³/mol. The quantitative estimate of drug-likeness (QED) is 0.721. The maximum atomic E-state index is 12.7. The molecule has 3 heterocycles. The highest BCUT2D eigenvalue weighted by Gasteiger charge is 2.38. The highest BCUT2D eigenvalue weighted by molar-refractivity contribution is 6.38. The van der Waals surface area contributed by atoms with Crippen molar-refractivity contribution in [2.75, 3.05) is 32.7 Å². The van der Waals surface area contributed by atoms with Crippen LogP contribution in [0.25, 0.3) is 0 Å². The van der Waals surface area contributed by atoms with Gasteiger partial charge in [-0.05, 0) is 25.8 Å². The fraction of sp³-hybridized carbons (Fsp3) is 0.562. The molecule has 9 heteroatoms. The standard InChI is InChI=1S/C16H21N5O4/c1-2-19-9-10-21(14(23)13(19)22)16(24)20-8-3-5-12(11-20)25-15-17-6-4-7-18-15/h4,6-7,12H,2-3,5,8-11H2,1H3/t12-/m0/s1. The van der Waals surface area contributed by atoms with Crippen molar-refractivity contribution in [3.05, 3.63) is 18.5 Å². The van der Waals surface area contributed by atoms with Crippen molar-refractivity contribution in [1.29, 1.82) is 0 Å².